The molecular formula is C13H22O2S. The topological polar surface area (TPSA) is 29.5 Å². The fraction of sp³-hybridized carbons (Fsp3) is 0.692. The molecule has 1 aromatic heterocycles. The molecule has 0 saturated heterocycles. The zero-order chi connectivity index (χ0) is 12.2. The van der Waals surface area contributed by atoms with Crippen LogP contribution in [-0.4, -0.2) is 23.9 Å². The van der Waals surface area contributed by atoms with Crippen molar-refractivity contribution < 1.29 is 9.84 Å². The van der Waals surface area contributed by atoms with E-state index >= 15 is 0 Å². The van der Waals surface area contributed by atoms with Crippen LogP contribution in [0, 0.1) is 5.41 Å². The van der Waals surface area contributed by atoms with Gasteiger partial charge in [-0.1, -0.05) is 26.8 Å². The maximum Gasteiger partial charge on any atom is 0.0885 e. The highest BCUT2D eigenvalue weighted by molar-refractivity contribution is 7.09. The summed E-state index contributed by atoms with van der Waals surface area (Å²) in [5.74, 6) is 0. The van der Waals surface area contributed by atoms with Crippen LogP contribution in [0.3, 0.4) is 0 Å². The molecule has 0 aliphatic rings. The quantitative estimate of drug-likeness (QED) is 0.859. The van der Waals surface area contributed by atoms with Gasteiger partial charge in [0.15, 0.2) is 0 Å². The molecular weight excluding hydrogens is 220 g/mol. The van der Waals surface area contributed by atoms with Crippen LogP contribution in [0.25, 0.3) is 0 Å². The van der Waals surface area contributed by atoms with E-state index in [1.165, 1.54) is 4.88 Å². The highest BCUT2D eigenvalue weighted by Gasteiger charge is 2.31. The molecule has 2 unspecified atom stereocenters. The van der Waals surface area contributed by atoms with Gasteiger partial charge in [0.2, 0.25) is 0 Å². The largest absolute Gasteiger partial charge is 0.390 e. The van der Waals surface area contributed by atoms with Gasteiger partial charge in [-0.25, -0.2) is 0 Å². The fourth-order valence-corrected chi connectivity index (χ4v) is 2.62. The van der Waals surface area contributed by atoms with Gasteiger partial charge < -0.3 is 9.84 Å². The normalized spacial score (nSPS) is 16.1. The number of aliphatic hydroxyl groups excluding tert-OH is 1. The lowest BCUT2D eigenvalue weighted by atomic mass is 9.84. The molecule has 0 aromatic carbocycles. The van der Waals surface area contributed by atoms with E-state index < -0.39 is 6.10 Å². The molecule has 16 heavy (non-hydrogen) atoms. The molecule has 0 saturated carbocycles. The Bertz CT molecular complexity index is 287. The third-order valence-corrected chi connectivity index (χ3v) is 3.44. The van der Waals surface area contributed by atoms with E-state index in [0.29, 0.717) is 13.0 Å². The Balaban J connectivity index is 2.64. The number of aliphatic hydroxyl groups is 1. The van der Waals surface area contributed by atoms with Gasteiger partial charge in [0.1, 0.15) is 0 Å². The van der Waals surface area contributed by atoms with Crippen molar-refractivity contribution in [2.45, 2.75) is 46.3 Å². The Morgan fingerprint density at radius 1 is 1.44 bits per heavy atom. The summed E-state index contributed by atoms with van der Waals surface area (Å²) in [5, 5.41) is 12.3. The molecule has 3 heteroatoms. The summed E-state index contributed by atoms with van der Waals surface area (Å²) in [6.07, 6.45) is 0.137. The first-order chi connectivity index (χ1) is 7.45. The molecule has 1 heterocycles. The molecule has 0 bridgehead atoms. The van der Waals surface area contributed by atoms with Crippen molar-refractivity contribution in [3.8, 4) is 0 Å². The van der Waals surface area contributed by atoms with Gasteiger partial charge in [-0.2, -0.15) is 0 Å². The molecule has 0 aliphatic carbocycles. The second-order valence-electron chi connectivity index (χ2n) is 5.09. The van der Waals surface area contributed by atoms with Crippen molar-refractivity contribution in [3.63, 3.8) is 0 Å². The minimum Gasteiger partial charge on any atom is -0.390 e. The van der Waals surface area contributed by atoms with Crippen LogP contribution in [0.1, 0.15) is 32.6 Å². The summed E-state index contributed by atoms with van der Waals surface area (Å²) in [6.45, 7) is 8.92. The monoisotopic (exact) mass is 242 g/mol. The second kappa shape index (κ2) is 5.80. The van der Waals surface area contributed by atoms with Crippen LogP contribution >= 0.6 is 11.3 Å². The SMILES string of the molecule is CCOC(C(O)Cc1cccs1)C(C)(C)C. The predicted molar refractivity (Wildman–Crippen MR) is 68.9 cm³/mol. The van der Waals surface area contributed by atoms with Gasteiger partial charge in [-0.3, -0.25) is 0 Å². The summed E-state index contributed by atoms with van der Waals surface area (Å²) < 4.78 is 5.67. The first kappa shape index (κ1) is 13.7. The predicted octanol–water partition coefficient (Wildman–Crippen LogP) is 3.10. The molecule has 0 spiro atoms. The molecule has 0 radical (unpaired) electrons. The van der Waals surface area contributed by atoms with Crippen molar-refractivity contribution in [1.29, 1.82) is 0 Å². The molecule has 1 N–H and O–H groups in total. The van der Waals surface area contributed by atoms with Gasteiger partial charge in [0, 0.05) is 17.9 Å². The summed E-state index contributed by atoms with van der Waals surface area (Å²) >= 11 is 1.68. The molecule has 1 aromatic rings. The average molecular weight is 242 g/mol. The van der Waals surface area contributed by atoms with Crippen LogP contribution in [0.2, 0.25) is 0 Å². The standard InChI is InChI=1S/C13H22O2S/c1-5-15-12(13(2,3)4)11(14)9-10-7-6-8-16-10/h6-8,11-12,14H,5,9H2,1-4H3. The van der Waals surface area contributed by atoms with E-state index in [1.807, 2.05) is 18.4 Å². The maximum absolute atomic E-state index is 10.2. The van der Waals surface area contributed by atoms with E-state index in [4.69, 9.17) is 4.74 Å². The lowest BCUT2D eigenvalue weighted by Gasteiger charge is -2.34. The number of rotatable bonds is 5. The lowest BCUT2D eigenvalue weighted by Crippen LogP contribution is -2.41. The average Bonchev–Trinajstić information content (AvgIpc) is 2.64. The highest BCUT2D eigenvalue weighted by Crippen LogP contribution is 2.27. The van der Waals surface area contributed by atoms with Gasteiger partial charge in [-0.05, 0) is 23.8 Å². The minimum absolute atomic E-state index is 0.0350. The smallest absolute Gasteiger partial charge is 0.0885 e. The Labute approximate surface area is 102 Å². The van der Waals surface area contributed by atoms with Crippen LogP contribution < -0.4 is 0 Å². The third kappa shape index (κ3) is 3.89. The number of ether oxygens (including phenoxy) is 1. The van der Waals surface area contributed by atoms with Crippen molar-refractivity contribution in [1.82, 2.24) is 0 Å². The summed E-state index contributed by atoms with van der Waals surface area (Å²) in [5.41, 5.74) is -0.0350. The molecule has 1 rings (SSSR count). The second-order valence-corrected chi connectivity index (χ2v) is 6.13. The first-order valence-electron chi connectivity index (χ1n) is 5.77. The van der Waals surface area contributed by atoms with Crippen molar-refractivity contribution in [2.75, 3.05) is 6.61 Å². The van der Waals surface area contributed by atoms with Crippen LogP contribution in [0.15, 0.2) is 17.5 Å². The number of hydrogen-bond donors (Lipinski definition) is 1. The molecule has 0 aliphatic heterocycles. The summed E-state index contributed by atoms with van der Waals surface area (Å²) in [7, 11) is 0. The van der Waals surface area contributed by atoms with E-state index in [0.717, 1.165) is 0 Å². The lowest BCUT2D eigenvalue weighted by molar-refractivity contribution is -0.0871. The Morgan fingerprint density at radius 2 is 2.12 bits per heavy atom. The van der Waals surface area contributed by atoms with Gasteiger partial charge in [0.25, 0.3) is 0 Å². The molecule has 2 nitrogen and oxygen atoms in total. The van der Waals surface area contributed by atoms with Crippen LogP contribution in [0.5, 0.6) is 0 Å². The van der Waals surface area contributed by atoms with E-state index in [1.54, 1.807) is 11.3 Å². The van der Waals surface area contributed by atoms with Gasteiger partial charge in [-0.15, -0.1) is 11.3 Å². The van der Waals surface area contributed by atoms with E-state index in [-0.39, 0.29) is 11.5 Å². The summed E-state index contributed by atoms with van der Waals surface area (Å²) in [4.78, 5) is 1.21. The van der Waals surface area contributed by atoms with E-state index in [9.17, 15) is 5.11 Å². The Kier molecular flexibility index (Phi) is 4.96. The molecule has 0 fully saturated rings. The van der Waals surface area contributed by atoms with Crippen LogP contribution in [0.4, 0.5) is 0 Å². The van der Waals surface area contributed by atoms with E-state index in [2.05, 4.69) is 26.8 Å². The maximum atomic E-state index is 10.2. The van der Waals surface area contributed by atoms with Crippen LogP contribution in [-0.2, 0) is 11.2 Å². The highest BCUT2D eigenvalue weighted by atomic mass is 32.1. The van der Waals surface area contributed by atoms with Crippen molar-refractivity contribution >= 4 is 11.3 Å². The third-order valence-electron chi connectivity index (χ3n) is 2.54. The number of hydrogen-bond acceptors (Lipinski definition) is 3. The van der Waals surface area contributed by atoms with Crippen molar-refractivity contribution in [2.24, 2.45) is 5.41 Å². The first-order valence-corrected chi connectivity index (χ1v) is 6.65. The minimum atomic E-state index is -0.432. The number of thiophene rings is 1. The zero-order valence-corrected chi connectivity index (χ0v) is 11.4. The van der Waals surface area contributed by atoms with Gasteiger partial charge in [0.05, 0.1) is 12.2 Å². The summed E-state index contributed by atoms with van der Waals surface area (Å²) in [6, 6.07) is 4.07. The van der Waals surface area contributed by atoms with Crippen molar-refractivity contribution in [3.05, 3.63) is 22.4 Å². The molecule has 2 atom stereocenters. The zero-order valence-electron chi connectivity index (χ0n) is 10.6. The molecule has 92 valence electrons. The van der Waals surface area contributed by atoms with Gasteiger partial charge >= 0.3 is 0 Å². The molecule has 0 amide bonds. The Hall–Kier alpha value is -0.380. The fourth-order valence-electron chi connectivity index (χ4n) is 1.86. The Morgan fingerprint density at radius 3 is 2.56 bits per heavy atom.